The van der Waals surface area contributed by atoms with E-state index in [1.54, 1.807) is 0 Å². The summed E-state index contributed by atoms with van der Waals surface area (Å²) in [5, 5.41) is 0. The molecule has 3 saturated heterocycles. The van der Waals surface area contributed by atoms with Crippen LogP contribution in [0.25, 0.3) is 0 Å². The Kier molecular flexibility index (Phi) is 7.14. The smallest absolute Gasteiger partial charge is 0.320 e. The van der Waals surface area contributed by atoms with Gasteiger partial charge in [0.2, 0.25) is 0 Å². The Morgan fingerprint density at radius 1 is 0.960 bits per heavy atom. The normalized spacial score (nSPS) is 31.4. The molecule has 3 fully saturated rings. The molecule has 0 saturated carbocycles. The molecule has 3 aliphatic rings. The first-order chi connectivity index (χ1) is 12.2. The molecule has 0 aromatic rings. The molecule has 2 atom stereocenters. The summed E-state index contributed by atoms with van der Waals surface area (Å²) in [6.07, 6.45) is 9.65. The van der Waals surface area contributed by atoms with Gasteiger partial charge in [0, 0.05) is 44.3 Å². The van der Waals surface area contributed by atoms with Gasteiger partial charge in [-0.25, -0.2) is 0 Å². The summed E-state index contributed by atoms with van der Waals surface area (Å²) in [7, 11) is 2.22. The Hall–Kier alpha value is -0.650. The number of piperidine rings is 1. The number of likely N-dealkylation sites (N-methyl/N-ethyl adjacent to an activating group) is 1. The van der Waals surface area contributed by atoms with Gasteiger partial charge in [-0.05, 0) is 39.2 Å². The molecule has 0 aromatic carbocycles. The number of fused-ring (bicyclic) bond motifs is 2. The lowest BCUT2D eigenvalue weighted by Crippen LogP contribution is -2.55. The fraction of sp³-hybridized carbons (Fsp3) is 0.950. The van der Waals surface area contributed by atoms with Crippen LogP contribution in [0, 0.1) is 0 Å². The summed E-state index contributed by atoms with van der Waals surface area (Å²) < 4.78 is 5.47. The highest BCUT2D eigenvalue weighted by molar-refractivity contribution is 5.71. The molecular weight excluding hydrogens is 314 g/mol. The van der Waals surface area contributed by atoms with Gasteiger partial charge in [-0.15, -0.1) is 0 Å². The van der Waals surface area contributed by atoms with Crippen molar-refractivity contribution in [1.29, 1.82) is 0 Å². The highest BCUT2D eigenvalue weighted by Gasteiger charge is 2.43. The van der Waals surface area contributed by atoms with Gasteiger partial charge in [-0.1, -0.05) is 26.2 Å². The average molecular weight is 352 g/mol. The Balaban J connectivity index is 1.41. The topological polar surface area (TPSA) is 36.0 Å². The van der Waals surface area contributed by atoms with Crippen LogP contribution < -0.4 is 0 Å². The number of piperazine rings is 1. The van der Waals surface area contributed by atoms with Crippen molar-refractivity contribution in [3.63, 3.8) is 0 Å². The minimum atomic E-state index is -0.00792. The first-order valence-corrected chi connectivity index (χ1v) is 10.5. The molecule has 0 spiro atoms. The van der Waals surface area contributed by atoms with Crippen molar-refractivity contribution in [2.75, 3.05) is 46.4 Å². The van der Waals surface area contributed by atoms with Gasteiger partial charge in [0.15, 0.2) is 0 Å². The molecule has 2 unspecified atom stereocenters. The fourth-order valence-electron chi connectivity index (χ4n) is 4.90. The minimum Gasteiger partial charge on any atom is -0.465 e. The molecule has 0 aromatic heterocycles. The Bertz CT molecular complexity index is 409. The van der Waals surface area contributed by atoms with Crippen molar-refractivity contribution in [1.82, 2.24) is 14.7 Å². The number of nitrogens with zero attached hydrogens (tertiary/aromatic N) is 3. The third-order valence-corrected chi connectivity index (χ3v) is 6.49. The van der Waals surface area contributed by atoms with E-state index >= 15 is 0 Å². The largest absolute Gasteiger partial charge is 0.465 e. The first kappa shape index (κ1) is 19.1. The standard InChI is InChI=1S/C20H37N3O2/c1-3-4-5-6-13-25-20(24)16-23-17-7-8-18(23)15-19(14-17)22-11-9-21(2)10-12-22/h17-19H,3-16H2,1-2H3. The number of unbranched alkanes of at least 4 members (excludes halogenated alkanes) is 3. The van der Waals surface area contributed by atoms with E-state index in [2.05, 4.69) is 28.7 Å². The summed E-state index contributed by atoms with van der Waals surface area (Å²) in [6, 6.07) is 1.92. The molecule has 5 nitrogen and oxygen atoms in total. The molecule has 0 amide bonds. The van der Waals surface area contributed by atoms with E-state index in [4.69, 9.17) is 4.74 Å². The zero-order chi connectivity index (χ0) is 17.6. The van der Waals surface area contributed by atoms with E-state index in [9.17, 15) is 4.79 Å². The quantitative estimate of drug-likeness (QED) is 0.496. The molecule has 0 aliphatic carbocycles. The van der Waals surface area contributed by atoms with Crippen LogP contribution in [0.1, 0.15) is 58.3 Å². The molecule has 0 N–H and O–H groups in total. The van der Waals surface area contributed by atoms with Crippen LogP contribution in [-0.4, -0.2) is 85.2 Å². The zero-order valence-corrected chi connectivity index (χ0v) is 16.3. The van der Waals surface area contributed by atoms with E-state index in [1.807, 2.05) is 0 Å². The van der Waals surface area contributed by atoms with E-state index < -0.39 is 0 Å². The third kappa shape index (κ3) is 5.18. The van der Waals surface area contributed by atoms with Gasteiger partial charge in [-0.3, -0.25) is 14.6 Å². The number of carbonyl (C=O) groups excluding carboxylic acids is 1. The van der Waals surface area contributed by atoms with E-state index in [1.165, 1.54) is 71.1 Å². The predicted molar refractivity (Wildman–Crippen MR) is 101 cm³/mol. The Morgan fingerprint density at radius 3 is 2.28 bits per heavy atom. The van der Waals surface area contributed by atoms with Crippen LogP contribution in [0.2, 0.25) is 0 Å². The lowest BCUT2D eigenvalue weighted by molar-refractivity contribution is -0.146. The maximum absolute atomic E-state index is 12.2. The van der Waals surface area contributed by atoms with Crippen LogP contribution in [0.5, 0.6) is 0 Å². The Labute approximate surface area is 153 Å². The monoisotopic (exact) mass is 351 g/mol. The number of carbonyl (C=O) groups is 1. The van der Waals surface area contributed by atoms with Crippen molar-refractivity contribution >= 4 is 5.97 Å². The van der Waals surface area contributed by atoms with Gasteiger partial charge < -0.3 is 9.64 Å². The van der Waals surface area contributed by atoms with Crippen molar-refractivity contribution in [2.45, 2.75) is 76.4 Å². The van der Waals surface area contributed by atoms with Crippen LogP contribution in [0.15, 0.2) is 0 Å². The average Bonchev–Trinajstić information content (AvgIpc) is 2.83. The number of hydrogen-bond donors (Lipinski definition) is 0. The maximum Gasteiger partial charge on any atom is 0.320 e. The second-order valence-electron chi connectivity index (χ2n) is 8.30. The molecule has 2 bridgehead atoms. The van der Waals surface area contributed by atoms with Gasteiger partial charge in [0.1, 0.15) is 0 Å². The highest BCUT2D eigenvalue weighted by Crippen LogP contribution is 2.37. The number of rotatable bonds is 8. The molecule has 144 valence electrons. The van der Waals surface area contributed by atoms with Crippen LogP contribution in [-0.2, 0) is 9.53 Å². The van der Waals surface area contributed by atoms with Crippen LogP contribution in [0.4, 0.5) is 0 Å². The SMILES string of the molecule is CCCCCCOC(=O)CN1C2CCC1CC(N1CCN(C)CC1)C2. The van der Waals surface area contributed by atoms with Gasteiger partial charge in [0.05, 0.1) is 13.2 Å². The summed E-state index contributed by atoms with van der Waals surface area (Å²) >= 11 is 0. The summed E-state index contributed by atoms with van der Waals surface area (Å²) in [4.78, 5) is 19.8. The summed E-state index contributed by atoms with van der Waals surface area (Å²) in [5.74, 6) is -0.00792. The molecule has 3 rings (SSSR count). The summed E-state index contributed by atoms with van der Waals surface area (Å²) in [5.41, 5.74) is 0. The van der Waals surface area contributed by atoms with Crippen molar-refractivity contribution in [3.8, 4) is 0 Å². The first-order valence-electron chi connectivity index (χ1n) is 10.5. The van der Waals surface area contributed by atoms with Crippen LogP contribution >= 0.6 is 0 Å². The maximum atomic E-state index is 12.2. The van der Waals surface area contributed by atoms with Crippen molar-refractivity contribution < 1.29 is 9.53 Å². The number of ether oxygens (including phenoxy) is 1. The summed E-state index contributed by atoms with van der Waals surface area (Å²) in [6.45, 7) is 8.12. The van der Waals surface area contributed by atoms with Crippen molar-refractivity contribution in [3.05, 3.63) is 0 Å². The zero-order valence-electron chi connectivity index (χ0n) is 16.3. The van der Waals surface area contributed by atoms with Crippen molar-refractivity contribution in [2.24, 2.45) is 0 Å². The lowest BCUT2D eigenvalue weighted by atomic mass is 9.95. The number of esters is 1. The van der Waals surface area contributed by atoms with Gasteiger partial charge >= 0.3 is 5.97 Å². The van der Waals surface area contributed by atoms with Gasteiger partial charge in [-0.2, -0.15) is 0 Å². The second-order valence-corrected chi connectivity index (χ2v) is 8.30. The molecule has 5 heteroatoms. The molecule has 25 heavy (non-hydrogen) atoms. The van der Waals surface area contributed by atoms with Crippen LogP contribution in [0.3, 0.4) is 0 Å². The third-order valence-electron chi connectivity index (χ3n) is 6.49. The lowest BCUT2D eigenvalue weighted by Gasteiger charge is -2.45. The highest BCUT2D eigenvalue weighted by atomic mass is 16.5. The molecule has 3 heterocycles. The Morgan fingerprint density at radius 2 is 1.64 bits per heavy atom. The van der Waals surface area contributed by atoms with E-state index in [0.717, 1.165) is 12.5 Å². The fourth-order valence-corrected chi connectivity index (χ4v) is 4.90. The number of hydrogen-bond acceptors (Lipinski definition) is 5. The second kappa shape index (κ2) is 9.33. The molecule has 0 radical (unpaired) electrons. The van der Waals surface area contributed by atoms with E-state index in [-0.39, 0.29) is 5.97 Å². The van der Waals surface area contributed by atoms with Gasteiger partial charge in [0.25, 0.3) is 0 Å². The molecule has 3 aliphatic heterocycles. The predicted octanol–water partition coefficient (Wildman–Crippen LogP) is 2.35. The molecular formula is C20H37N3O2. The van der Waals surface area contributed by atoms with E-state index in [0.29, 0.717) is 25.2 Å². The minimum absolute atomic E-state index is 0.00792.